The summed E-state index contributed by atoms with van der Waals surface area (Å²) in [5.41, 5.74) is -1.05. The summed E-state index contributed by atoms with van der Waals surface area (Å²) >= 11 is 0. The van der Waals surface area contributed by atoms with Crippen LogP contribution in [0.25, 0.3) is 0 Å². The molecule has 1 aromatic carbocycles. The Morgan fingerprint density at radius 2 is 1.73 bits per heavy atom. The number of hydrogen-bond acceptors (Lipinski definition) is 4. The Bertz CT molecular complexity index is 737. The number of carbonyl (C=O) groups is 1. The van der Waals surface area contributed by atoms with E-state index in [0.717, 1.165) is 37.6 Å². The van der Waals surface area contributed by atoms with Crippen molar-refractivity contribution in [2.75, 3.05) is 11.9 Å². The van der Waals surface area contributed by atoms with Crippen LogP contribution < -0.4 is 5.32 Å². The maximum atomic E-state index is 13.0. The number of halogens is 4. The molecule has 0 radical (unpaired) electrons. The monoisotopic (exact) mass is 432 g/mol. The van der Waals surface area contributed by atoms with Crippen molar-refractivity contribution < 1.29 is 27.5 Å². The van der Waals surface area contributed by atoms with E-state index in [0.29, 0.717) is 12.6 Å². The van der Waals surface area contributed by atoms with Gasteiger partial charge < -0.3 is 10.4 Å². The molecular formula is C20H28F4N4O2. The minimum absolute atomic E-state index is 0.0446. The number of anilines is 1. The molecule has 2 aromatic rings. The molecule has 0 saturated heterocycles. The molecule has 0 unspecified atom stereocenters. The van der Waals surface area contributed by atoms with E-state index < -0.39 is 23.5 Å². The van der Waals surface area contributed by atoms with Crippen LogP contribution >= 0.6 is 0 Å². The lowest BCUT2D eigenvalue weighted by Crippen LogP contribution is -2.12. The third-order valence-corrected chi connectivity index (χ3v) is 4.27. The standard InChI is InChI=1S/C17H25F4N.C3H3N3O2/c1-2-3-4-5-6-7-8-9-12-22-16-11-10-14(18)13-15(16)17(19,20)21;7-3(8)2-1-4-6-5-2/h10-11,13,22H,2-9,12H2,1H3;1H,(H,7,8)(H,4,5,6). The fraction of sp³-hybridized carbons (Fsp3) is 0.550. The zero-order chi connectivity index (χ0) is 22.4. The second kappa shape index (κ2) is 13.6. The van der Waals surface area contributed by atoms with Gasteiger partial charge in [-0.1, -0.05) is 51.9 Å². The van der Waals surface area contributed by atoms with Crippen LogP contribution in [0, 0.1) is 5.82 Å². The van der Waals surface area contributed by atoms with E-state index in [1.54, 1.807) is 0 Å². The largest absolute Gasteiger partial charge is 0.476 e. The van der Waals surface area contributed by atoms with Gasteiger partial charge in [-0.3, -0.25) is 0 Å². The Kier molecular flexibility index (Phi) is 11.5. The molecule has 1 heterocycles. The van der Waals surface area contributed by atoms with E-state index >= 15 is 0 Å². The molecule has 0 atom stereocenters. The second-order valence-corrected chi connectivity index (χ2v) is 6.75. The quantitative estimate of drug-likeness (QED) is 0.304. The summed E-state index contributed by atoms with van der Waals surface area (Å²) in [5.74, 6) is -1.94. The van der Waals surface area contributed by atoms with Gasteiger partial charge in [-0.05, 0) is 24.6 Å². The third-order valence-electron chi connectivity index (χ3n) is 4.27. The molecule has 0 aliphatic rings. The number of aromatic carboxylic acids is 1. The van der Waals surface area contributed by atoms with Gasteiger partial charge in [0.2, 0.25) is 0 Å². The van der Waals surface area contributed by atoms with Crippen molar-refractivity contribution in [3.05, 3.63) is 41.5 Å². The number of carboxylic acids is 1. The summed E-state index contributed by atoms with van der Waals surface area (Å²) < 4.78 is 51.4. The molecule has 0 amide bonds. The van der Waals surface area contributed by atoms with E-state index in [1.165, 1.54) is 32.1 Å². The molecule has 0 aliphatic carbocycles. The molecule has 10 heteroatoms. The van der Waals surface area contributed by atoms with E-state index in [9.17, 15) is 22.4 Å². The number of H-pyrrole nitrogens is 1. The minimum Gasteiger partial charge on any atom is -0.476 e. The average molecular weight is 432 g/mol. The van der Waals surface area contributed by atoms with Gasteiger partial charge in [0.05, 0.1) is 11.8 Å². The van der Waals surface area contributed by atoms with Crippen molar-refractivity contribution in [2.24, 2.45) is 0 Å². The lowest BCUT2D eigenvalue weighted by Gasteiger charge is -2.14. The van der Waals surface area contributed by atoms with Gasteiger partial charge in [0.1, 0.15) is 5.82 Å². The fourth-order valence-electron chi connectivity index (χ4n) is 2.69. The Hall–Kier alpha value is -2.65. The fourth-order valence-corrected chi connectivity index (χ4v) is 2.69. The molecule has 3 N–H and O–H groups in total. The number of aromatic amines is 1. The highest BCUT2D eigenvalue weighted by Gasteiger charge is 2.33. The Morgan fingerprint density at radius 3 is 2.23 bits per heavy atom. The van der Waals surface area contributed by atoms with E-state index in [2.05, 4.69) is 27.7 Å². The number of benzene rings is 1. The Labute approximate surface area is 173 Å². The maximum Gasteiger partial charge on any atom is 0.418 e. The van der Waals surface area contributed by atoms with Crippen LogP contribution in [0.4, 0.5) is 23.2 Å². The summed E-state index contributed by atoms with van der Waals surface area (Å²) in [6, 6.07) is 2.74. The highest BCUT2D eigenvalue weighted by atomic mass is 19.4. The predicted molar refractivity (Wildman–Crippen MR) is 106 cm³/mol. The first-order valence-electron chi connectivity index (χ1n) is 9.95. The van der Waals surface area contributed by atoms with Gasteiger partial charge >= 0.3 is 12.1 Å². The zero-order valence-electron chi connectivity index (χ0n) is 16.9. The van der Waals surface area contributed by atoms with Crippen molar-refractivity contribution in [3.8, 4) is 0 Å². The topological polar surface area (TPSA) is 90.9 Å². The van der Waals surface area contributed by atoms with E-state index in [-0.39, 0.29) is 11.4 Å². The highest BCUT2D eigenvalue weighted by molar-refractivity contribution is 5.84. The Balaban J connectivity index is 0.000000467. The van der Waals surface area contributed by atoms with Crippen LogP contribution in [0.2, 0.25) is 0 Å². The van der Waals surface area contributed by atoms with Gasteiger partial charge in [0, 0.05) is 12.2 Å². The Morgan fingerprint density at radius 1 is 1.10 bits per heavy atom. The molecule has 0 fully saturated rings. The van der Waals surface area contributed by atoms with Gasteiger partial charge in [-0.15, -0.1) is 5.10 Å². The van der Waals surface area contributed by atoms with Crippen molar-refractivity contribution in [2.45, 2.75) is 64.5 Å². The highest BCUT2D eigenvalue weighted by Crippen LogP contribution is 2.35. The van der Waals surface area contributed by atoms with Crippen LogP contribution in [0.3, 0.4) is 0 Å². The molecule has 0 saturated carbocycles. The number of aromatic nitrogens is 3. The molecule has 0 bridgehead atoms. The predicted octanol–water partition coefficient (Wildman–Crippen LogP) is 5.90. The number of hydrogen-bond donors (Lipinski definition) is 3. The number of carboxylic acid groups (broad SMARTS) is 1. The van der Waals surface area contributed by atoms with Crippen LogP contribution in [-0.2, 0) is 6.18 Å². The van der Waals surface area contributed by atoms with Crippen molar-refractivity contribution in [1.82, 2.24) is 15.4 Å². The van der Waals surface area contributed by atoms with Gasteiger partial charge in [-0.2, -0.15) is 23.5 Å². The average Bonchev–Trinajstić information content (AvgIpc) is 3.23. The molecule has 30 heavy (non-hydrogen) atoms. The van der Waals surface area contributed by atoms with Crippen molar-refractivity contribution in [1.29, 1.82) is 0 Å². The van der Waals surface area contributed by atoms with Crippen LogP contribution in [0.15, 0.2) is 24.4 Å². The number of rotatable bonds is 11. The van der Waals surface area contributed by atoms with Gasteiger partial charge in [-0.25, -0.2) is 9.18 Å². The van der Waals surface area contributed by atoms with Gasteiger partial charge in [0.25, 0.3) is 0 Å². The summed E-state index contributed by atoms with van der Waals surface area (Å²) in [7, 11) is 0. The second-order valence-electron chi connectivity index (χ2n) is 6.75. The summed E-state index contributed by atoms with van der Waals surface area (Å²) in [6.45, 7) is 2.65. The molecule has 0 spiro atoms. The smallest absolute Gasteiger partial charge is 0.418 e. The first-order valence-corrected chi connectivity index (χ1v) is 9.95. The lowest BCUT2D eigenvalue weighted by molar-refractivity contribution is -0.137. The van der Waals surface area contributed by atoms with Gasteiger partial charge in [0.15, 0.2) is 5.69 Å². The SMILES string of the molecule is CCCCCCCCCCNc1ccc(F)cc1C(F)(F)F.O=C(O)c1cn[nH]n1. The third kappa shape index (κ3) is 10.2. The van der Waals surface area contributed by atoms with Crippen LogP contribution in [0.5, 0.6) is 0 Å². The molecule has 1 aromatic heterocycles. The summed E-state index contributed by atoms with van der Waals surface area (Å²) in [6.07, 6.45) is 5.72. The normalized spacial score (nSPS) is 11.0. The molecule has 2 rings (SSSR count). The van der Waals surface area contributed by atoms with E-state index in [1.807, 2.05) is 0 Å². The number of nitrogens with one attached hydrogen (secondary N) is 2. The lowest BCUT2D eigenvalue weighted by atomic mass is 10.1. The van der Waals surface area contributed by atoms with E-state index in [4.69, 9.17) is 5.11 Å². The number of alkyl halides is 3. The first-order chi connectivity index (χ1) is 14.3. The molecule has 168 valence electrons. The number of unbranched alkanes of at least 4 members (excludes halogenated alkanes) is 7. The van der Waals surface area contributed by atoms with Crippen molar-refractivity contribution >= 4 is 11.7 Å². The maximum absolute atomic E-state index is 13.0. The van der Waals surface area contributed by atoms with Crippen LogP contribution in [-0.4, -0.2) is 33.0 Å². The minimum atomic E-state index is -4.54. The summed E-state index contributed by atoms with van der Waals surface area (Å²) in [5, 5.41) is 19.7. The summed E-state index contributed by atoms with van der Waals surface area (Å²) in [4.78, 5) is 9.94. The first kappa shape index (κ1) is 25.4. The molecular weight excluding hydrogens is 404 g/mol. The molecule has 0 aliphatic heterocycles. The number of nitrogens with zero attached hydrogens (tertiary/aromatic N) is 2. The van der Waals surface area contributed by atoms with Crippen LogP contribution in [0.1, 0.15) is 74.3 Å². The zero-order valence-corrected chi connectivity index (χ0v) is 16.9. The van der Waals surface area contributed by atoms with Crippen molar-refractivity contribution in [3.63, 3.8) is 0 Å². The molecule has 6 nitrogen and oxygen atoms in total.